The zero-order valence-electron chi connectivity index (χ0n) is 21.9. The Morgan fingerprint density at radius 3 is 2.33 bits per heavy atom. The second kappa shape index (κ2) is 9.49. The number of hydrogen-bond donors (Lipinski definition) is 1. The fourth-order valence-electron chi connectivity index (χ4n) is 6.92. The number of nitrogens with zero attached hydrogens (tertiary/aromatic N) is 2. The van der Waals surface area contributed by atoms with Crippen molar-refractivity contribution in [2.45, 2.75) is 17.5 Å². The Labute approximate surface area is 245 Å². The van der Waals surface area contributed by atoms with E-state index in [2.05, 4.69) is 5.32 Å². The first-order valence-corrected chi connectivity index (χ1v) is 13.7. The number of nitro benzene ring substituents is 1. The van der Waals surface area contributed by atoms with Gasteiger partial charge >= 0.3 is 0 Å². The van der Waals surface area contributed by atoms with Gasteiger partial charge in [0.05, 0.1) is 21.9 Å². The van der Waals surface area contributed by atoms with Crippen molar-refractivity contribution < 1.29 is 19.3 Å². The summed E-state index contributed by atoms with van der Waals surface area (Å²) < 4.78 is 0. The van der Waals surface area contributed by atoms with Gasteiger partial charge in [0.1, 0.15) is 11.5 Å². The highest BCUT2D eigenvalue weighted by atomic mass is 35.5. The van der Waals surface area contributed by atoms with Crippen LogP contribution in [0.15, 0.2) is 103 Å². The number of nitro groups is 1. The number of para-hydroxylation sites is 1. The van der Waals surface area contributed by atoms with Crippen LogP contribution >= 0.6 is 11.6 Å². The van der Waals surface area contributed by atoms with Gasteiger partial charge in [0.15, 0.2) is 11.6 Å². The van der Waals surface area contributed by atoms with Crippen LogP contribution in [0.1, 0.15) is 43.4 Å². The predicted octanol–water partition coefficient (Wildman–Crippen LogP) is 6.23. The largest absolute Gasteiger partial charge is 0.358 e. The van der Waals surface area contributed by atoms with Crippen molar-refractivity contribution >= 4 is 46.5 Å². The first kappa shape index (κ1) is 25.9. The Balaban J connectivity index is 1.53. The van der Waals surface area contributed by atoms with Crippen LogP contribution in [0.3, 0.4) is 0 Å². The molecule has 1 amide bonds. The van der Waals surface area contributed by atoms with Gasteiger partial charge in [-0.3, -0.25) is 24.5 Å². The molecule has 0 radical (unpaired) electrons. The standard InChI is InChI=1S/C33H22ClN3O5/c34-25-11-5-3-9-23(25)30(39)28-27(29(38)20-13-15-21(16-14-20)37(41)42)33(24-10-4-6-12-26(24)35-32(33)40)31-22-8-2-1-7-19(22)17-18-36(28)31/h1-18,27-28,31H,(H,35,40)/t27-,28+,31+,33+/m0/s1. The second-order valence-electron chi connectivity index (χ2n) is 10.6. The van der Waals surface area contributed by atoms with E-state index in [1.165, 1.54) is 24.3 Å². The average molecular weight is 576 g/mol. The van der Waals surface area contributed by atoms with Gasteiger partial charge in [-0.15, -0.1) is 0 Å². The van der Waals surface area contributed by atoms with Gasteiger partial charge in [-0.05, 0) is 53.1 Å². The molecule has 3 aliphatic rings. The van der Waals surface area contributed by atoms with E-state index >= 15 is 0 Å². The third-order valence-corrected chi connectivity index (χ3v) is 8.95. The van der Waals surface area contributed by atoms with Crippen LogP contribution in [0.2, 0.25) is 5.02 Å². The van der Waals surface area contributed by atoms with Gasteiger partial charge < -0.3 is 10.2 Å². The molecule has 4 atom stereocenters. The van der Waals surface area contributed by atoms with E-state index in [1.807, 2.05) is 47.4 Å². The molecular weight excluding hydrogens is 554 g/mol. The maximum Gasteiger partial charge on any atom is 0.269 e. The van der Waals surface area contributed by atoms with Gasteiger partial charge in [-0.1, -0.05) is 66.2 Å². The van der Waals surface area contributed by atoms with Gasteiger partial charge in [-0.25, -0.2) is 0 Å². The number of halogens is 1. The first-order valence-electron chi connectivity index (χ1n) is 13.4. The van der Waals surface area contributed by atoms with Crippen LogP contribution in [0.4, 0.5) is 11.4 Å². The zero-order chi connectivity index (χ0) is 29.2. The van der Waals surface area contributed by atoms with Gasteiger partial charge in [-0.2, -0.15) is 0 Å². The summed E-state index contributed by atoms with van der Waals surface area (Å²) in [5, 5.41) is 14.6. The third kappa shape index (κ3) is 3.51. The van der Waals surface area contributed by atoms with Crippen molar-refractivity contribution in [3.63, 3.8) is 0 Å². The number of carbonyl (C=O) groups excluding carboxylic acids is 3. The molecule has 1 fully saturated rings. The number of ketones is 2. The third-order valence-electron chi connectivity index (χ3n) is 8.62. The fraction of sp³-hybridized carbons (Fsp3) is 0.121. The van der Waals surface area contributed by atoms with Crippen LogP contribution in [-0.4, -0.2) is 33.3 Å². The van der Waals surface area contributed by atoms with E-state index in [0.29, 0.717) is 11.3 Å². The topological polar surface area (TPSA) is 110 Å². The number of anilines is 1. The average Bonchev–Trinajstić information content (AvgIpc) is 3.49. The van der Waals surface area contributed by atoms with Gasteiger partial charge in [0.2, 0.25) is 5.91 Å². The molecule has 1 saturated heterocycles. The number of non-ortho nitro benzene ring substituents is 1. The Morgan fingerprint density at radius 2 is 1.57 bits per heavy atom. The number of Topliss-reactive ketones (excluding diaryl/α,β-unsaturated/α-hetero) is 2. The monoisotopic (exact) mass is 575 g/mol. The molecule has 206 valence electrons. The summed E-state index contributed by atoms with van der Waals surface area (Å²) in [6, 6.07) is 25.0. The molecule has 4 aromatic rings. The summed E-state index contributed by atoms with van der Waals surface area (Å²) in [5.74, 6) is -2.46. The molecule has 3 heterocycles. The normalized spacial score (nSPS) is 23.2. The Hall–Kier alpha value is -5.08. The summed E-state index contributed by atoms with van der Waals surface area (Å²) in [7, 11) is 0. The summed E-state index contributed by atoms with van der Waals surface area (Å²) in [4.78, 5) is 56.4. The maximum absolute atomic E-state index is 14.7. The fourth-order valence-corrected chi connectivity index (χ4v) is 7.14. The molecule has 0 unspecified atom stereocenters. The van der Waals surface area contributed by atoms with E-state index in [0.717, 1.165) is 11.1 Å². The van der Waals surface area contributed by atoms with Crippen molar-refractivity contribution in [1.82, 2.24) is 4.90 Å². The van der Waals surface area contributed by atoms with Crippen LogP contribution in [0.25, 0.3) is 6.08 Å². The van der Waals surface area contributed by atoms with Crippen LogP contribution in [0.5, 0.6) is 0 Å². The first-order chi connectivity index (χ1) is 20.3. The predicted molar refractivity (Wildman–Crippen MR) is 157 cm³/mol. The second-order valence-corrected chi connectivity index (χ2v) is 11.0. The molecule has 9 heteroatoms. The molecule has 0 bridgehead atoms. The Kier molecular flexibility index (Phi) is 5.85. The molecule has 0 aromatic heterocycles. The summed E-state index contributed by atoms with van der Waals surface area (Å²) >= 11 is 6.52. The minimum absolute atomic E-state index is 0.163. The molecule has 7 rings (SSSR count). The van der Waals surface area contributed by atoms with Crippen molar-refractivity contribution in [2.75, 3.05) is 5.32 Å². The lowest BCUT2D eigenvalue weighted by molar-refractivity contribution is -0.384. The van der Waals surface area contributed by atoms with Crippen LogP contribution in [-0.2, 0) is 10.2 Å². The Morgan fingerprint density at radius 1 is 0.881 bits per heavy atom. The smallest absolute Gasteiger partial charge is 0.269 e. The number of nitrogens with one attached hydrogen (secondary N) is 1. The van der Waals surface area contributed by atoms with E-state index in [4.69, 9.17) is 11.6 Å². The highest BCUT2D eigenvalue weighted by Gasteiger charge is 2.70. The van der Waals surface area contributed by atoms with E-state index < -0.39 is 45.8 Å². The molecule has 42 heavy (non-hydrogen) atoms. The summed E-state index contributed by atoms with van der Waals surface area (Å²) in [5.41, 5.74) is 1.60. The number of carbonyl (C=O) groups is 3. The van der Waals surface area contributed by atoms with E-state index in [9.17, 15) is 24.5 Å². The van der Waals surface area contributed by atoms with Crippen molar-refractivity contribution in [3.05, 3.63) is 146 Å². The highest BCUT2D eigenvalue weighted by molar-refractivity contribution is 6.34. The van der Waals surface area contributed by atoms with Crippen molar-refractivity contribution in [3.8, 4) is 0 Å². The molecule has 1 N–H and O–H groups in total. The summed E-state index contributed by atoms with van der Waals surface area (Å²) in [6.45, 7) is 0. The van der Waals surface area contributed by atoms with E-state index in [1.54, 1.807) is 42.6 Å². The molecule has 3 aliphatic heterocycles. The maximum atomic E-state index is 14.7. The van der Waals surface area contributed by atoms with Crippen LogP contribution < -0.4 is 5.32 Å². The van der Waals surface area contributed by atoms with Crippen molar-refractivity contribution in [1.29, 1.82) is 0 Å². The SMILES string of the molecule is O=C(c1ccc([N+](=O)[O-])cc1)[C@@H]1[C@H](C(=O)c2ccccc2Cl)N2C=Cc3ccccc3[C@@H]2[C@]12C(=O)Nc1ccccc12. The minimum atomic E-state index is -1.50. The summed E-state index contributed by atoms with van der Waals surface area (Å²) in [6.07, 6.45) is 3.66. The number of amides is 1. The lowest BCUT2D eigenvalue weighted by Gasteiger charge is -2.38. The molecule has 4 aromatic carbocycles. The molecular formula is C33H22ClN3O5. The lowest BCUT2D eigenvalue weighted by Crippen LogP contribution is -2.49. The van der Waals surface area contributed by atoms with Gasteiger partial charge in [0, 0.05) is 35.1 Å². The number of fused-ring (bicyclic) bond motifs is 6. The highest BCUT2D eigenvalue weighted by Crippen LogP contribution is 2.62. The molecule has 8 nitrogen and oxygen atoms in total. The minimum Gasteiger partial charge on any atom is -0.358 e. The molecule has 0 saturated carbocycles. The van der Waals surface area contributed by atoms with Gasteiger partial charge in [0.25, 0.3) is 5.69 Å². The number of rotatable bonds is 5. The van der Waals surface area contributed by atoms with Crippen LogP contribution in [0, 0.1) is 16.0 Å². The molecule has 1 spiro atoms. The number of benzene rings is 4. The zero-order valence-corrected chi connectivity index (χ0v) is 22.7. The lowest BCUT2D eigenvalue weighted by atomic mass is 9.62. The Bertz CT molecular complexity index is 1850. The van der Waals surface area contributed by atoms with E-state index in [-0.39, 0.29) is 21.8 Å². The number of hydrogen-bond acceptors (Lipinski definition) is 6. The quantitative estimate of drug-likeness (QED) is 0.172. The van der Waals surface area contributed by atoms with Crippen molar-refractivity contribution in [2.24, 2.45) is 5.92 Å². The molecule has 0 aliphatic carbocycles.